The molecule has 8 heteroatoms. The number of methoxy groups -OCH3 is 1. The summed E-state index contributed by atoms with van der Waals surface area (Å²) >= 11 is 0. The third-order valence-corrected chi connectivity index (χ3v) is 6.05. The van der Waals surface area contributed by atoms with Gasteiger partial charge in [0.05, 0.1) is 13.2 Å². The van der Waals surface area contributed by atoms with Crippen LogP contribution in [0.1, 0.15) is 49.5 Å². The van der Waals surface area contributed by atoms with E-state index >= 15 is 0 Å². The van der Waals surface area contributed by atoms with Crippen LogP contribution in [0.4, 0.5) is 8.78 Å². The molecular weight excluding hydrogens is 418 g/mol. The quantitative estimate of drug-likeness (QED) is 0.551. The number of para-hydroxylation sites is 1. The van der Waals surface area contributed by atoms with E-state index in [1.807, 2.05) is 0 Å². The Bertz CT molecular complexity index is 945. The second-order valence-electron chi connectivity index (χ2n) is 8.20. The Morgan fingerprint density at radius 2 is 1.84 bits per heavy atom. The zero-order valence-electron chi connectivity index (χ0n) is 18.1. The molecule has 0 spiro atoms. The first-order chi connectivity index (χ1) is 15.2. The van der Waals surface area contributed by atoms with Crippen LogP contribution < -0.4 is 15.4 Å². The Morgan fingerprint density at radius 1 is 1.19 bits per heavy atom. The Morgan fingerprint density at radius 3 is 2.44 bits per heavy atom. The molecular formula is C24H28F2N2O4. The molecule has 0 bridgehead atoms. The van der Waals surface area contributed by atoms with Gasteiger partial charge >= 0.3 is 0 Å². The van der Waals surface area contributed by atoms with Crippen molar-refractivity contribution in [2.45, 2.75) is 44.0 Å². The Balaban J connectivity index is 1.77. The highest BCUT2D eigenvalue weighted by atomic mass is 19.1. The summed E-state index contributed by atoms with van der Waals surface area (Å²) in [5.74, 6) is -1.68. The Kier molecular flexibility index (Phi) is 7.45. The second-order valence-corrected chi connectivity index (χ2v) is 8.20. The summed E-state index contributed by atoms with van der Waals surface area (Å²) in [5, 5.41) is 15.9. The summed E-state index contributed by atoms with van der Waals surface area (Å²) in [6.07, 6.45) is 0.485. The molecule has 1 fully saturated rings. The highest BCUT2D eigenvalue weighted by molar-refractivity contribution is 5.85. The Hall–Kier alpha value is -3.00. The number of nitrogens with one attached hydrogen (secondary N) is 2. The summed E-state index contributed by atoms with van der Waals surface area (Å²) in [4.78, 5) is 25.3. The van der Waals surface area contributed by atoms with Gasteiger partial charge in [-0.1, -0.05) is 36.8 Å². The average molecular weight is 446 g/mol. The normalized spacial score (nSPS) is 17.4. The minimum absolute atomic E-state index is 0.0135. The highest BCUT2D eigenvalue weighted by Gasteiger charge is 2.42. The van der Waals surface area contributed by atoms with Gasteiger partial charge in [-0.25, -0.2) is 8.78 Å². The number of rotatable bonds is 9. The number of carbonyl (C=O) groups is 2. The van der Waals surface area contributed by atoms with Gasteiger partial charge in [0.25, 0.3) is 11.8 Å². The van der Waals surface area contributed by atoms with Crippen LogP contribution in [0.3, 0.4) is 0 Å². The van der Waals surface area contributed by atoms with Crippen molar-refractivity contribution in [3.05, 3.63) is 65.5 Å². The summed E-state index contributed by atoms with van der Waals surface area (Å²) in [6, 6.07) is 10.6. The first-order valence-electron chi connectivity index (χ1n) is 10.6. The first-order valence-corrected chi connectivity index (χ1v) is 10.6. The van der Waals surface area contributed by atoms with Crippen molar-refractivity contribution < 1.29 is 28.2 Å². The van der Waals surface area contributed by atoms with E-state index in [2.05, 4.69) is 10.6 Å². The fourth-order valence-electron chi connectivity index (χ4n) is 3.75. The number of hydrogen-bond acceptors (Lipinski definition) is 4. The molecule has 0 radical (unpaired) electrons. The molecule has 3 atom stereocenters. The van der Waals surface area contributed by atoms with Crippen molar-refractivity contribution in [1.82, 2.24) is 10.6 Å². The summed E-state index contributed by atoms with van der Waals surface area (Å²) in [7, 11) is 1.47. The molecule has 2 amide bonds. The zero-order valence-corrected chi connectivity index (χ0v) is 18.1. The van der Waals surface area contributed by atoms with Crippen molar-refractivity contribution >= 4 is 11.8 Å². The summed E-state index contributed by atoms with van der Waals surface area (Å²) in [6.45, 7) is 1.40. The van der Waals surface area contributed by atoms with E-state index in [1.165, 1.54) is 26.2 Å². The van der Waals surface area contributed by atoms with Crippen molar-refractivity contribution in [2.75, 3.05) is 13.7 Å². The summed E-state index contributed by atoms with van der Waals surface area (Å²) < 4.78 is 33.3. The Labute approximate surface area is 186 Å². The lowest BCUT2D eigenvalue weighted by molar-refractivity contribution is -0.147. The van der Waals surface area contributed by atoms with Gasteiger partial charge in [0, 0.05) is 12.1 Å². The number of ether oxygens (including phenoxy) is 1. The van der Waals surface area contributed by atoms with Crippen LogP contribution in [-0.4, -0.2) is 36.2 Å². The molecule has 0 aliphatic heterocycles. The molecule has 2 aromatic rings. The smallest absolute Gasteiger partial charge is 0.259 e. The van der Waals surface area contributed by atoms with Gasteiger partial charge in [-0.05, 0) is 49.4 Å². The lowest BCUT2D eigenvalue weighted by Gasteiger charge is -2.37. The lowest BCUT2D eigenvalue weighted by Crippen LogP contribution is -2.53. The monoisotopic (exact) mass is 446 g/mol. The number of amides is 2. The van der Waals surface area contributed by atoms with Crippen LogP contribution in [0, 0.1) is 11.7 Å². The van der Waals surface area contributed by atoms with Crippen LogP contribution >= 0.6 is 0 Å². The zero-order chi connectivity index (χ0) is 23.3. The topological polar surface area (TPSA) is 87.7 Å². The molecule has 32 heavy (non-hydrogen) atoms. The lowest BCUT2D eigenvalue weighted by atomic mass is 9.73. The van der Waals surface area contributed by atoms with E-state index in [1.54, 1.807) is 24.3 Å². The van der Waals surface area contributed by atoms with Gasteiger partial charge < -0.3 is 20.5 Å². The standard InChI is InChI=1S/C24H28F2N2O4/c1-24(31,16-6-5-7-16)23(30)27-14-19(18-8-3-4-9-20(18)32-2)28-22(29)21(26)15-10-12-17(25)13-11-15/h3-4,8-13,16,19,21,31H,5-7,14H2,1-2H3,(H,27,30)(H,28,29). The third-order valence-electron chi connectivity index (χ3n) is 6.05. The number of aliphatic hydroxyl groups is 1. The highest BCUT2D eigenvalue weighted by Crippen LogP contribution is 2.36. The molecule has 0 aromatic heterocycles. The average Bonchev–Trinajstić information content (AvgIpc) is 2.74. The fourth-order valence-corrected chi connectivity index (χ4v) is 3.75. The van der Waals surface area contributed by atoms with Crippen molar-refractivity contribution in [3.63, 3.8) is 0 Å². The molecule has 6 nitrogen and oxygen atoms in total. The second kappa shape index (κ2) is 10.1. The molecule has 3 rings (SSSR count). The minimum atomic E-state index is -2.03. The number of carbonyl (C=O) groups excluding carboxylic acids is 2. The summed E-state index contributed by atoms with van der Waals surface area (Å²) in [5.41, 5.74) is -0.970. The molecule has 1 saturated carbocycles. The van der Waals surface area contributed by atoms with Gasteiger partial charge in [-0.15, -0.1) is 0 Å². The maximum atomic E-state index is 14.8. The number of halogens is 2. The van der Waals surface area contributed by atoms with Crippen molar-refractivity contribution in [2.24, 2.45) is 5.92 Å². The van der Waals surface area contributed by atoms with Crippen molar-refractivity contribution in [3.8, 4) is 5.75 Å². The van der Waals surface area contributed by atoms with Gasteiger partial charge in [0.2, 0.25) is 6.17 Å². The SMILES string of the molecule is COc1ccccc1C(CNC(=O)C(C)(O)C1CCC1)NC(=O)C(F)c1ccc(F)cc1. The largest absolute Gasteiger partial charge is 0.496 e. The molecule has 2 aromatic carbocycles. The molecule has 3 unspecified atom stereocenters. The van der Waals surface area contributed by atoms with Crippen molar-refractivity contribution in [1.29, 1.82) is 0 Å². The van der Waals surface area contributed by atoms with E-state index in [-0.39, 0.29) is 18.0 Å². The molecule has 1 aliphatic rings. The molecule has 3 N–H and O–H groups in total. The number of hydrogen-bond donors (Lipinski definition) is 3. The van der Waals surface area contributed by atoms with Crippen LogP contribution in [0.2, 0.25) is 0 Å². The predicted molar refractivity (Wildman–Crippen MR) is 115 cm³/mol. The van der Waals surface area contributed by atoms with E-state index < -0.39 is 35.4 Å². The predicted octanol–water partition coefficient (Wildman–Crippen LogP) is 3.37. The minimum Gasteiger partial charge on any atom is -0.496 e. The van der Waals surface area contributed by atoms with Crippen LogP contribution in [-0.2, 0) is 9.59 Å². The number of benzene rings is 2. The number of alkyl halides is 1. The van der Waals surface area contributed by atoms with Gasteiger partial charge in [-0.2, -0.15) is 0 Å². The molecule has 1 aliphatic carbocycles. The first kappa shape index (κ1) is 23.7. The maximum Gasteiger partial charge on any atom is 0.259 e. The third kappa shape index (κ3) is 5.24. The van der Waals surface area contributed by atoms with E-state index in [4.69, 9.17) is 4.74 Å². The van der Waals surface area contributed by atoms with Crippen LogP contribution in [0.5, 0.6) is 5.75 Å². The van der Waals surface area contributed by atoms with Gasteiger partial charge in [0.15, 0.2) is 0 Å². The van der Waals surface area contributed by atoms with Crippen LogP contribution in [0.15, 0.2) is 48.5 Å². The maximum absolute atomic E-state index is 14.8. The van der Waals surface area contributed by atoms with E-state index in [0.717, 1.165) is 31.4 Å². The molecule has 172 valence electrons. The van der Waals surface area contributed by atoms with Gasteiger partial charge in [0.1, 0.15) is 17.2 Å². The van der Waals surface area contributed by atoms with Gasteiger partial charge in [-0.3, -0.25) is 9.59 Å². The van der Waals surface area contributed by atoms with E-state index in [0.29, 0.717) is 11.3 Å². The molecule has 0 heterocycles. The van der Waals surface area contributed by atoms with Crippen LogP contribution in [0.25, 0.3) is 0 Å². The fraction of sp³-hybridized carbons (Fsp3) is 0.417. The molecule has 0 saturated heterocycles. The van der Waals surface area contributed by atoms with E-state index in [9.17, 15) is 23.5 Å².